The fraction of sp³-hybridized carbons (Fsp3) is 0.375. The van der Waals surface area contributed by atoms with Crippen molar-refractivity contribution in [3.63, 3.8) is 0 Å². The number of rotatable bonds is 7. The number of aromatic nitrogens is 2. The van der Waals surface area contributed by atoms with Crippen molar-refractivity contribution in [1.82, 2.24) is 9.97 Å². The first-order valence-electron chi connectivity index (χ1n) is 7.25. The third-order valence-electron chi connectivity index (χ3n) is 3.11. The van der Waals surface area contributed by atoms with Crippen molar-refractivity contribution in [1.29, 1.82) is 0 Å². The molecule has 0 radical (unpaired) electrons. The molecule has 0 aliphatic carbocycles. The van der Waals surface area contributed by atoms with E-state index in [9.17, 15) is 0 Å². The average Bonchev–Trinajstić information content (AvgIpc) is 2.49. The zero-order valence-corrected chi connectivity index (χ0v) is 12.6. The van der Waals surface area contributed by atoms with Gasteiger partial charge >= 0.3 is 0 Å². The Bertz CT molecular complexity index is 572. The van der Waals surface area contributed by atoms with Crippen molar-refractivity contribution in [2.45, 2.75) is 26.7 Å². The van der Waals surface area contributed by atoms with Crippen LogP contribution in [0.2, 0.25) is 0 Å². The summed E-state index contributed by atoms with van der Waals surface area (Å²) in [5, 5.41) is 3.27. The van der Waals surface area contributed by atoms with E-state index in [2.05, 4.69) is 22.2 Å². The maximum absolute atomic E-state index is 5.92. The Balaban J connectivity index is 1.90. The second-order valence-corrected chi connectivity index (χ2v) is 4.84. The lowest BCUT2D eigenvalue weighted by Crippen LogP contribution is -2.15. The molecule has 21 heavy (non-hydrogen) atoms. The SMILES string of the molecule is CCCc1nc(N)c(C)c(NCCOc2ccccc2)n1. The molecule has 5 heteroatoms. The number of para-hydroxylation sites is 1. The highest BCUT2D eigenvalue weighted by molar-refractivity contribution is 5.54. The van der Waals surface area contributed by atoms with Gasteiger partial charge < -0.3 is 15.8 Å². The summed E-state index contributed by atoms with van der Waals surface area (Å²) in [6.45, 7) is 5.25. The number of nitrogens with two attached hydrogens (primary N) is 1. The van der Waals surface area contributed by atoms with E-state index in [1.54, 1.807) is 0 Å². The summed E-state index contributed by atoms with van der Waals surface area (Å²) in [5.74, 6) is 2.99. The standard InChI is InChI=1S/C16H22N4O/c1-3-7-14-19-15(17)12(2)16(20-14)18-10-11-21-13-8-5-4-6-9-13/h4-6,8-9H,3,7,10-11H2,1-2H3,(H3,17,18,19,20). The predicted octanol–water partition coefficient (Wildman–Crippen LogP) is 2.81. The molecule has 0 unspecified atom stereocenters. The number of anilines is 2. The number of nitrogen functional groups attached to an aromatic ring is 1. The monoisotopic (exact) mass is 286 g/mol. The fourth-order valence-corrected chi connectivity index (χ4v) is 1.94. The molecule has 0 amide bonds. The van der Waals surface area contributed by atoms with Gasteiger partial charge in [0.2, 0.25) is 0 Å². The summed E-state index contributed by atoms with van der Waals surface area (Å²) in [4.78, 5) is 8.80. The Morgan fingerprint density at radius 3 is 2.67 bits per heavy atom. The van der Waals surface area contributed by atoms with Gasteiger partial charge in [0.15, 0.2) is 0 Å². The van der Waals surface area contributed by atoms with Gasteiger partial charge in [-0.25, -0.2) is 9.97 Å². The van der Waals surface area contributed by atoms with Crippen LogP contribution in [0.25, 0.3) is 0 Å². The van der Waals surface area contributed by atoms with Gasteiger partial charge in [0, 0.05) is 12.0 Å². The summed E-state index contributed by atoms with van der Waals surface area (Å²) in [5.41, 5.74) is 6.81. The molecular formula is C16H22N4O. The molecule has 0 atom stereocenters. The molecule has 0 aliphatic rings. The van der Waals surface area contributed by atoms with Crippen molar-refractivity contribution in [3.8, 4) is 5.75 Å². The van der Waals surface area contributed by atoms with Crippen molar-refractivity contribution >= 4 is 11.6 Å². The van der Waals surface area contributed by atoms with Crippen LogP contribution < -0.4 is 15.8 Å². The number of hydrogen-bond donors (Lipinski definition) is 2. The van der Waals surface area contributed by atoms with Crippen LogP contribution in [0.1, 0.15) is 24.7 Å². The number of aryl methyl sites for hydroxylation is 1. The summed E-state index contributed by atoms with van der Waals surface area (Å²) in [6, 6.07) is 9.75. The van der Waals surface area contributed by atoms with E-state index in [1.165, 1.54) is 0 Å². The maximum Gasteiger partial charge on any atom is 0.134 e. The number of nitrogens with one attached hydrogen (secondary N) is 1. The van der Waals surface area contributed by atoms with Gasteiger partial charge in [-0.3, -0.25) is 0 Å². The number of hydrogen-bond acceptors (Lipinski definition) is 5. The van der Waals surface area contributed by atoms with Gasteiger partial charge in [-0.1, -0.05) is 25.1 Å². The van der Waals surface area contributed by atoms with Crippen molar-refractivity contribution in [2.75, 3.05) is 24.2 Å². The van der Waals surface area contributed by atoms with E-state index in [1.807, 2.05) is 37.3 Å². The highest BCUT2D eigenvalue weighted by Crippen LogP contribution is 2.17. The Kier molecular flexibility index (Phi) is 5.37. The van der Waals surface area contributed by atoms with E-state index in [-0.39, 0.29) is 0 Å². The van der Waals surface area contributed by atoms with Crippen LogP contribution in [0.3, 0.4) is 0 Å². The first-order chi connectivity index (χ1) is 10.2. The van der Waals surface area contributed by atoms with Gasteiger partial charge in [0.1, 0.15) is 29.8 Å². The van der Waals surface area contributed by atoms with E-state index < -0.39 is 0 Å². The molecule has 0 fully saturated rings. The minimum Gasteiger partial charge on any atom is -0.492 e. The van der Waals surface area contributed by atoms with Crippen LogP contribution in [0, 0.1) is 6.92 Å². The second-order valence-electron chi connectivity index (χ2n) is 4.84. The molecule has 1 heterocycles. The molecular weight excluding hydrogens is 264 g/mol. The molecule has 0 saturated heterocycles. The molecule has 3 N–H and O–H groups in total. The summed E-state index contributed by atoms with van der Waals surface area (Å²) < 4.78 is 5.64. The topological polar surface area (TPSA) is 73.1 Å². The first kappa shape index (κ1) is 15.1. The lowest BCUT2D eigenvalue weighted by atomic mass is 10.2. The smallest absolute Gasteiger partial charge is 0.134 e. The average molecular weight is 286 g/mol. The van der Waals surface area contributed by atoms with Gasteiger partial charge in [-0.2, -0.15) is 0 Å². The summed E-state index contributed by atoms with van der Waals surface area (Å²) in [6.07, 6.45) is 1.83. The van der Waals surface area contributed by atoms with Gasteiger partial charge in [-0.15, -0.1) is 0 Å². The van der Waals surface area contributed by atoms with Crippen molar-refractivity contribution in [2.24, 2.45) is 0 Å². The molecule has 2 aromatic rings. The van der Waals surface area contributed by atoms with E-state index >= 15 is 0 Å². The molecule has 2 rings (SSSR count). The van der Waals surface area contributed by atoms with Crippen LogP contribution in [0.4, 0.5) is 11.6 Å². The van der Waals surface area contributed by atoms with Crippen LogP contribution in [0.15, 0.2) is 30.3 Å². The molecule has 1 aromatic carbocycles. The Morgan fingerprint density at radius 1 is 1.19 bits per heavy atom. The molecule has 0 saturated carbocycles. The summed E-state index contributed by atoms with van der Waals surface area (Å²) in [7, 11) is 0. The van der Waals surface area contributed by atoms with Crippen LogP contribution >= 0.6 is 0 Å². The third-order valence-corrected chi connectivity index (χ3v) is 3.11. The quantitative estimate of drug-likeness (QED) is 0.766. The summed E-state index contributed by atoms with van der Waals surface area (Å²) >= 11 is 0. The van der Waals surface area contributed by atoms with Crippen molar-refractivity contribution < 1.29 is 4.74 Å². The minimum atomic E-state index is 0.542. The van der Waals surface area contributed by atoms with E-state index in [4.69, 9.17) is 10.5 Å². The number of ether oxygens (including phenoxy) is 1. The molecule has 0 spiro atoms. The van der Waals surface area contributed by atoms with Crippen molar-refractivity contribution in [3.05, 3.63) is 41.7 Å². The fourth-order valence-electron chi connectivity index (χ4n) is 1.94. The largest absolute Gasteiger partial charge is 0.492 e. The Morgan fingerprint density at radius 2 is 1.95 bits per heavy atom. The highest BCUT2D eigenvalue weighted by atomic mass is 16.5. The first-order valence-corrected chi connectivity index (χ1v) is 7.25. The van der Waals surface area contributed by atoms with Crippen LogP contribution in [0.5, 0.6) is 5.75 Å². The Hall–Kier alpha value is -2.30. The molecule has 5 nitrogen and oxygen atoms in total. The van der Waals surface area contributed by atoms with Crippen LogP contribution in [-0.2, 0) is 6.42 Å². The zero-order valence-electron chi connectivity index (χ0n) is 12.6. The second kappa shape index (κ2) is 7.47. The lowest BCUT2D eigenvalue weighted by Gasteiger charge is -2.12. The lowest BCUT2D eigenvalue weighted by molar-refractivity contribution is 0.332. The molecule has 0 bridgehead atoms. The highest BCUT2D eigenvalue weighted by Gasteiger charge is 2.07. The zero-order chi connectivity index (χ0) is 15.1. The van der Waals surface area contributed by atoms with E-state index in [0.29, 0.717) is 19.0 Å². The van der Waals surface area contributed by atoms with Crippen LogP contribution in [-0.4, -0.2) is 23.1 Å². The minimum absolute atomic E-state index is 0.542. The molecule has 112 valence electrons. The molecule has 1 aromatic heterocycles. The third kappa shape index (κ3) is 4.34. The van der Waals surface area contributed by atoms with Gasteiger partial charge in [0.25, 0.3) is 0 Å². The predicted molar refractivity (Wildman–Crippen MR) is 85.6 cm³/mol. The van der Waals surface area contributed by atoms with Gasteiger partial charge in [0.05, 0.1) is 6.54 Å². The normalized spacial score (nSPS) is 10.4. The maximum atomic E-state index is 5.92. The van der Waals surface area contributed by atoms with Gasteiger partial charge in [-0.05, 0) is 25.5 Å². The number of nitrogens with zero attached hydrogens (tertiary/aromatic N) is 2. The molecule has 0 aliphatic heterocycles. The Labute approximate surface area is 125 Å². The number of benzene rings is 1. The van der Waals surface area contributed by atoms with E-state index in [0.717, 1.165) is 35.8 Å².